The number of nitrogens with one attached hydrogen (secondary N) is 1. The van der Waals surface area contributed by atoms with E-state index in [1.165, 1.54) is 0 Å². The molecule has 1 aliphatic heterocycles. The second kappa shape index (κ2) is 4.58. The number of hydrogen-bond donors (Lipinski definition) is 1. The molecule has 5 nitrogen and oxygen atoms in total. The van der Waals surface area contributed by atoms with Gasteiger partial charge in [-0.15, -0.1) is 5.10 Å². The van der Waals surface area contributed by atoms with Gasteiger partial charge in [0.25, 0.3) is 0 Å². The molecule has 2 heterocycles. The Balaban J connectivity index is 2.12. The maximum Gasteiger partial charge on any atom is 0.240 e. The highest BCUT2D eigenvalue weighted by molar-refractivity contribution is 6.29. The SMILES string of the molecule is CC1(C)C(=O)NCCN1Cc1ccc(Cl)nn1. The molecule has 1 aromatic heterocycles. The van der Waals surface area contributed by atoms with E-state index in [2.05, 4.69) is 20.4 Å². The number of amides is 1. The molecule has 1 aromatic rings. The monoisotopic (exact) mass is 254 g/mol. The minimum atomic E-state index is -0.514. The molecule has 1 N–H and O–H groups in total. The number of carbonyl (C=O) groups excluding carboxylic acids is 1. The Hall–Kier alpha value is -1.20. The molecule has 92 valence electrons. The fourth-order valence-electron chi connectivity index (χ4n) is 1.84. The molecule has 1 aliphatic rings. The summed E-state index contributed by atoms with van der Waals surface area (Å²) in [5.74, 6) is 0.0469. The van der Waals surface area contributed by atoms with E-state index in [0.717, 1.165) is 12.2 Å². The Morgan fingerprint density at radius 3 is 2.88 bits per heavy atom. The zero-order valence-corrected chi connectivity index (χ0v) is 10.7. The average molecular weight is 255 g/mol. The largest absolute Gasteiger partial charge is 0.353 e. The normalized spacial score (nSPS) is 20.1. The molecule has 17 heavy (non-hydrogen) atoms. The molecule has 1 saturated heterocycles. The minimum absolute atomic E-state index is 0.0469. The summed E-state index contributed by atoms with van der Waals surface area (Å²) in [6, 6.07) is 3.54. The Kier molecular flexibility index (Phi) is 3.31. The van der Waals surface area contributed by atoms with E-state index in [4.69, 9.17) is 11.6 Å². The molecule has 1 fully saturated rings. The maximum absolute atomic E-state index is 11.8. The summed E-state index contributed by atoms with van der Waals surface area (Å²) in [5, 5.41) is 11.0. The van der Waals surface area contributed by atoms with Gasteiger partial charge in [0.2, 0.25) is 5.91 Å². The first kappa shape index (κ1) is 12.3. The molecule has 1 amide bonds. The number of hydrogen-bond acceptors (Lipinski definition) is 4. The number of nitrogens with zero attached hydrogens (tertiary/aromatic N) is 3. The van der Waals surface area contributed by atoms with Crippen molar-refractivity contribution in [3.8, 4) is 0 Å². The van der Waals surface area contributed by atoms with E-state index in [1.54, 1.807) is 6.07 Å². The van der Waals surface area contributed by atoms with Gasteiger partial charge in [-0.2, -0.15) is 5.10 Å². The quantitative estimate of drug-likeness (QED) is 0.850. The molecule has 0 atom stereocenters. The third kappa shape index (κ3) is 2.56. The third-order valence-electron chi connectivity index (χ3n) is 3.05. The topological polar surface area (TPSA) is 58.1 Å². The van der Waals surface area contributed by atoms with Gasteiger partial charge in [0.15, 0.2) is 5.15 Å². The second-order valence-corrected chi connectivity index (χ2v) is 4.97. The number of aromatic nitrogens is 2. The van der Waals surface area contributed by atoms with Crippen molar-refractivity contribution < 1.29 is 4.79 Å². The van der Waals surface area contributed by atoms with Crippen molar-refractivity contribution in [3.63, 3.8) is 0 Å². The summed E-state index contributed by atoms with van der Waals surface area (Å²) in [6.45, 7) is 5.90. The maximum atomic E-state index is 11.8. The zero-order chi connectivity index (χ0) is 12.5. The molecule has 2 rings (SSSR count). The van der Waals surface area contributed by atoms with Crippen molar-refractivity contribution >= 4 is 17.5 Å². The second-order valence-electron chi connectivity index (χ2n) is 4.58. The summed E-state index contributed by atoms with van der Waals surface area (Å²) in [6.07, 6.45) is 0. The van der Waals surface area contributed by atoms with Gasteiger partial charge in [-0.1, -0.05) is 11.6 Å². The van der Waals surface area contributed by atoms with Crippen LogP contribution in [0.4, 0.5) is 0 Å². The molecule has 0 spiro atoms. The van der Waals surface area contributed by atoms with E-state index in [-0.39, 0.29) is 5.91 Å². The predicted octanol–water partition coefficient (Wildman–Crippen LogP) is 0.840. The fraction of sp³-hybridized carbons (Fsp3) is 0.545. The molecule has 0 saturated carbocycles. The van der Waals surface area contributed by atoms with Gasteiger partial charge in [-0.3, -0.25) is 9.69 Å². The highest BCUT2D eigenvalue weighted by atomic mass is 35.5. The summed E-state index contributed by atoms with van der Waals surface area (Å²) < 4.78 is 0. The number of carbonyl (C=O) groups is 1. The van der Waals surface area contributed by atoms with Crippen LogP contribution in [0.5, 0.6) is 0 Å². The zero-order valence-electron chi connectivity index (χ0n) is 9.90. The summed E-state index contributed by atoms with van der Waals surface area (Å²) in [5.41, 5.74) is 0.303. The van der Waals surface area contributed by atoms with E-state index < -0.39 is 5.54 Å². The summed E-state index contributed by atoms with van der Waals surface area (Å²) in [7, 11) is 0. The van der Waals surface area contributed by atoms with Crippen molar-refractivity contribution in [2.45, 2.75) is 25.9 Å². The van der Waals surface area contributed by atoms with E-state index in [9.17, 15) is 4.79 Å². The summed E-state index contributed by atoms with van der Waals surface area (Å²) >= 11 is 5.68. The lowest BCUT2D eigenvalue weighted by molar-refractivity contribution is -0.135. The molecular weight excluding hydrogens is 240 g/mol. The molecule has 6 heteroatoms. The third-order valence-corrected chi connectivity index (χ3v) is 3.26. The van der Waals surface area contributed by atoms with Crippen LogP contribution in [0.1, 0.15) is 19.5 Å². The van der Waals surface area contributed by atoms with Crippen LogP contribution >= 0.6 is 11.6 Å². The lowest BCUT2D eigenvalue weighted by atomic mass is 9.99. The molecule has 0 unspecified atom stereocenters. The van der Waals surface area contributed by atoms with Crippen molar-refractivity contribution in [3.05, 3.63) is 23.0 Å². The summed E-state index contributed by atoms with van der Waals surface area (Å²) in [4.78, 5) is 13.8. The average Bonchev–Trinajstić information content (AvgIpc) is 2.28. The number of piperazine rings is 1. The van der Waals surface area contributed by atoms with E-state index in [0.29, 0.717) is 18.2 Å². The molecule has 0 radical (unpaired) electrons. The van der Waals surface area contributed by atoms with Gasteiger partial charge < -0.3 is 5.32 Å². The number of rotatable bonds is 2. The van der Waals surface area contributed by atoms with E-state index in [1.807, 2.05) is 19.9 Å². The number of halogens is 1. The van der Waals surface area contributed by atoms with Crippen LogP contribution < -0.4 is 5.32 Å². The lowest BCUT2D eigenvalue weighted by Crippen LogP contribution is -2.61. The van der Waals surface area contributed by atoms with Crippen LogP contribution in [0.15, 0.2) is 12.1 Å². The fourth-order valence-corrected chi connectivity index (χ4v) is 1.94. The van der Waals surface area contributed by atoms with Crippen molar-refractivity contribution in [2.75, 3.05) is 13.1 Å². The van der Waals surface area contributed by atoms with Crippen LogP contribution in [0.25, 0.3) is 0 Å². The van der Waals surface area contributed by atoms with Gasteiger partial charge in [-0.05, 0) is 26.0 Å². The first-order chi connectivity index (χ1) is 8.00. The minimum Gasteiger partial charge on any atom is -0.353 e. The van der Waals surface area contributed by atoms with Crippen LogP contribution in [-0.4, -0.2) is 39.6 Å². The van der Waals surface area contributed by atoms with Crippen LogP contribution in [0, 0.1) is 0 Å². The Morgan fingerprint density at radius 2 is 2.24 bits per heavy atom. The highest BCUT2D eigenvalue weighted by Crippen LogP contribution is 2.19. The van der Waals surface area contributed by atoms with Crippen LogP contribution in [0.3, 0.4) is 0 Å². The Morgan fingerprint density at radius 1 is 1.47 bits per heavy atom. The molecule has 0 aliphatic carbocycles. The van der Waals surface area contributed by atoms with E-state index >= 15 is 0 Å². The van der Waals surface area contributed by atoms with Gasteiger partial charge in [-0.25, -0.2) is 0 Å². The lowest BCUT2D eigenvalue weighted by Gasteiger charge is -2.40. The van der Waals surface area contributed by atoms with Crippen LogP contribution in [-0.2, 0) is 11.3 Å². The first-order valence-corrected chi connectivity index (χ1v) is 5.89. The predicted molar refractivity (Wildman–Crippen MR) is 64.5 cm³/mol. The van der Waals surface area contributed by atoms with Crippen molar-refractivity contribution in [2.24, 2.45) is 0 Å². The standard InChI is InChI=1S/C11H15ClN4O/c1-11(2)10(17)13-5-6-16(11)7-8-3-4-9(12)15-14-8/h3-4H,5-7H2,1-2H3,(H,13,17). The molecule has 0 bridgehead atoms. The first-order valence-electron chi connectivity index (χ1n) is 5.51. The highest BCUT2D eigenvalue weighted by Gasteiger charge is 2.37. The van der Waals surface area contributed by atoms with Gasteiger partial charge in [0.05, 0.1) is 11.2 Å². The van der Waals surface area contributed by atoms with Crippen molar-refractivity contribution in [1.82, 2.24) is 20.4 Å². The molecule has 0 aromatic carbocycles. The van der Waals surface area contributed by atoms with Crippen LogP contribution in [0.2, 0.25) is 5.15 Å². The Bertz CT molecular complexity index is 418. The molecular formula is C11H15ClN4O. The van der Waals surface area contributed by atoms with Gasteiger partial charge >= 0.3 is 0 Å². The van der Waals surface area contributed by atoms with Gasteiger partial charge in [0, 0.05) is 19.6 Å². The smallest absolute Gasteiger partial charge is 0.240 e. The van der Waals surface area contributed by atoms with Crippen molar-refractivity contribution in [1.29, 1.82) is 0 Å². The van der Waals surface area contributed by atoms with Gasteiger partial charge in [0.1, 0.15) is 0 Å². The Labute approximate surface area is 105 Å².